The summed E-state index contributed by atoms with van der Waals surface area (Å²) >= 11 is 0. The number of nitrogens with zero attached hydrogens (tertiary/aromatic N) is 1. The van der Waals surface area contributed by atoms with Gasteiger partial charge in [-0.2, -0.15) is 0 Å². The smallest absolute Gasteiger partial charge is 0.320 e. The lowest BCUT2D eigenvalue weighted by molar-refractivity contribution is -0.144. The Kier molecular flexibility index (Phi) is 7.29. The molecule has 0 unspecified atom stereocenters. The molecule has 1 amide bonds. The molecular weight excluding hydrogens is 335 g/mol. The SMILES string of the molecule is CCOC(=O)CN(Cc1ccc(F)cc1)Cc1ccc(C(=O)NC)cc1. The first-order chi connectivity index (χ1) is 12.5. The Bertz CT molecular complexity index is 730. The maximum atomic E-state index is 13.1. The molecule has 0 atom stereocenters. The van der Waals surface area contributed by atoms with E-state index in [1.165, 1.54) is 12.1 Å². The molecule has 0 bridgehead atoms. The molecule has 0 saturated heterocycles. The molecule has 0 spiro atoms. The molecule has 0 aliphatic rings. The number of hydrogen-bond donors (Lipinski definition) is 1. The third kappa shape index (κ3) is 5.97. The number of carbonyl (C=O) groups is 2. The highest BCUT2D eigenvalue weighted by atomic mass is 19.1. The van der Waals surface area contributed by atoms with E-state index in [4.69, 9.17) is 4.74 Å². The van der Waals surface area contributed by atoms with Crippen molar-refractivity contribution in [3.63, 3.8) is 0 Å². The molecule has 26 heavy (non-hydrogen) atoms. The van der Waals surface area contributed by atoms with Crippen LogP contribution in [0.3, 0.4) is 0 Å². The third-order valence-corrected chi connectivity index (χ3v) is 3.83. The van der Waals surface area contributed by atoms with Crippen molar-refractivity contribution in [1.82, 2.24) is 10.2 Å². The predicted octanol–water partition coefficient (Wildman–Crippen LogP) is 2.75. The molecular formula is C20H23FN2O3. The number of rotatable bonds is 8. The van der Waals surface area contributed by atoms with Crippen LogP contribution in [0.5, 0.6) is 0 Å². The van der Waals surface area contributed by atoms with Crippen LogP contribution in [0.1, 0.15) is 28.4 Å². The first-order valence-corrected chi connectivity index (χ1v) is 8.45. The molecule has 0 aliphatic carbocycles. The Morgan fingerprint density at radius 2 is 1.54 bits per heavy atom. The van der Waals surface area contributed by atoms with Gasteiger partial charge in [0.15, 0.2) is 0 Å². The molecule has 1 N–H and O–H groups in total. The second-order valence-corrected chi connectivity index (χ2v) is 5.85. The summed E-state index contributed by atoms with van der Waals surface area (Å²) in [6, 6.07) is 13.4. The maximum Gasteiger partial charge on any atom is 0.320 e. The molecule has 2 rings (SSSR count). The minimum Gasteiger partial charge on any atom is -0.465 e. The monoisotopic (exact) mass is 358 g/mol. The van der Waals surface area contributed by atoms with Gasteiger partial charge in [0.25, 0.3) is 5.91 Å². The fraction of sp³-hybridized carbons (Fsp3) is 0.300. The number of halogens is 1. The van der Waals surface area contributed by atoms with Crippen molar-refractivity contribution in [2.75, 3.05) is 20.2 Å². The lowest BCUT2D eigenvalue weighted by atomic mass is 10.1. The molecule has 2 aromatic carbocycles. The summed E-state index contributed by atoms with van der Waals surface area (Å²) in [4.78, 5) is 25.4. The van der Waals surface area contributed by atoms with Crippen molar-refractivity contribution in [3.05, 3.63) is 71.0 Å². The minimum atomic E-state index is -0.309. The van der Waals surface area contributed by atoms with Crippen LogP contribution in [0, 0.1) is 5.82 Å². The number of amides is 1. The Morgan fingerprint density at radius 3 is 2.04 bits per heavy atom. The zero-order chi connectivity index (χ0) is 18.9. The van der Waals surface area contributed by atoms with Crippen LogP contribution in [-0.2, 0) is 22.6 Å². The largest absolute Gasteiger partial charge is 0.465 e. The van der Waals surface area contributed by atoms with Crippen LogP contribution in [0.2, 0.25) is 0 Å². The molecule has 0 radical (unpaired) electrons. The lowest BCUT2D eigenvalue weighted by Crippen LogP contribution is -2.30. The fourth-order valence-corrected chi connectivity index (χ4v) is 2.57. The molecule has 0 aliphatic heterocycles. The Hall–Kier alpha value is -2.73. The third-order valence-electron chi connectivity index (χ3n) is 3.83. The number of hydrogen-bond acceptors (Lipinski definition) is 4. The van der Waals surface area contributed by atoms with Crippen molar-refractivity contribution in [1.29, 1.82) is 0 Å². The normalized spacial score (nSPS) is 10.6. The first-order valence-electron chi connectivity index (χ1n) is 8.45. The summed E-state index contributed by atoms with van der Waals surface area (Å²) in [5.41, 5.74) is 2.44. The van der Waals surface area contributed by atoms with Crippen molar-refractivity contribution in [2.24, 2.45) is 0 Å². The van der Waals surface area contributed by atoms with Gasteiger partial charge in [-0.3, -0.25) is 14.5 Å². The van der Waals surface area contributed by atoms with Crippen molar-refractivity contribution >= 4 is 11.9 Å². The van der Waals surface area contributed by atoms with Gasteiger partial charge in [0.2, 0.25) is 0 Å². The van der Waals surface area contributed by atoms with E-state index in [1.54, 1.807) is 38.2 Å². The van der Waals surface area contributed by atoms with Crippen molar-refractivity contribution in [3.8, 4) is 0 Å². The van der Waals surface area contributed by atoms with Gasteiger partial charge < -0.3 is 10.1 Å². The van der Waals surface area contributed by atoms with Gasteiger partial charge in [0.1, 0.15) is 5.82 Å². The Balaban J connectivity index is 2.10. The van der Waals surface area contributed by atoms with Crippen molar-refractivity contribution in [2.45, 2.75) is 20.0 Å². The zero-order valence-electron chi connectivity index (χ0n) is 15.0. The maximum absolute atomic E-state index is 13.1. The molecule has 0 heterocycles. The van der Waals surface area contributed by atoms with Crippen LogP contribution in [0.15, 0.2) is 48.5 Å². The van der Waals surface area contributed by atoms with E-state index >= 15 is 0 Å². The van der Waals surface area contributed by atoms with Gasteiger partial charge in [-0.05, 0) is 42.3 Å². The van der Waals surface area contributed by atoms with E-state index in [-0.39, 0.29) is 24.2 Å². The van der Waals surface area contributed by atoms with E-state index in [1.807, 2.05) is 17.0 Å². The van der Waals surface area contributed by atoms with Crippen LogP contribution in [-0.4, -0.2) is 37.0 Å². The number of nitrogens with one attached hydrogen (secondary N) is 1. The van der Waals surface area contributed by atoms with E-state index in [2.05, 4.69) is 5.32 Å². The van der Waals surface area contributed by atoms with Crippen LogP contribution in [0.25, 0.3) is 0 Å². The van der Waals surface area contributed by atoms with E-state index in [0.717, 1.165) is 11.1 Å². The molecule has 2 aromatic rings. The minimum absolute atomic E-state index is 0.127. The van der Waals surface area contributed by atoms with E-state index < -0.39 is 0 Å². The van der Waals surface area contributed by atoms with Crippen LogP contribution < -0.4 is 5.32 Å². The first kappa shape index (κ1) is 19.6. The summed E-state index contributed by atoms with van der Waals surface area (Å²) in [6.07, 6.45) is 0. The second-order valence-electron chi connectivity index (χ2n) is 5.85. The molecule has 0 saturated carbocycles. The quantitative estimate of drug-likeness (QED) is 0.737. The van der Waals surface area contributed by atoms with Crippen molar-refractivity contribution < 1.29 is 18.7 Å². The predicted molar refractivity (Wildman–Crippen MR) is 97.0 cm³/mol. The average molecular weight is 358 g/mol. The van der Waals surface area contributed by atoms with Gasteiger partial charge >= 0.3 is 5.97 Å². The number of benzene rings is 2. The van der Waals surface area contributed by atoms with E-state index in [9.17, 15) is 14.0 Å². The Labute approximate surface area is 152 Å². The fourth-order valence-electron chi connectivity index (χ4n) is 2.57. The number of carbonyl (C=O) groups excluding carboxylic acids is 2. The lowest BCUT2D eigenvalue weighted by Gasteiger charge is -2.21. The van der Waals surface area contributed by atoms with Crippen LogP contribution in [0.4, 0.5) is 4.39 Å². The average Bonchev–Trinajstić information content (AvgIpc) is 2.63. The number of esters is 1. The summed E-state index contributed by atoms with van der Waals surface area (Å²) in [5.74, 6) is -0.752. The standard InChI is InChI=1S/C20H23FN2O3/c1-3-26-19(24)14-23(13-16-6-10-18(21)11-7-16)12-15-4-8-17(9-5-15)20(25)22-2/h4-11H,3,12-14H2,1-2H3,(H,22,25). The highest BCUT2D eigenvalue weighted by molar-refractivity contribution is 5.93. The molecule has 0 fully saturated rings. The topological polar surface area (TPSA) is 58.6 Å². The molecule has 6 heteroatoms. The molecule has 5 nitrogen and oxygen atoms in total. The summed E-state index contributed by atoms with van der Waals surface area (Å²) in [7, 11) is 1.58. The van der Waals surface area contributed by atoms with Gasteiger partial charge in [-0.25, -0.2) is 4.39 Å². The van der Waals surface area contributed by atoms with Gasteiger partial charge in [0, 0.05) is 25.7 Å². The molecule has 0 aromatic heterocycles. The highest BCUT2D eigenvalue weighted by Gasteiger charge is 2.13. The van der Waals surface area contributed by atoms with Crippen LogP contribution >= 0.6 is 0 Å². The summed E-state index contributed by atoms with van der Waals surface area (Å²) < 4.78 is 18.1. The number of ether oxygens (including phenoxy) is 1. The van der Waals surface area contributed by atoms with Gasteiger partial charge in [0.05, 0.1) is 13.2 Å². The van der Waals surface area contributed by atoms with Gasteiger partial charge in [-0.15, -0.1) is 0 Å². The van der Waals surface area contributed by atoms with Gasteiger partial charge in [-0.1, -0.05) is 24.3 Å². The molecule has 138 valence electrons. The summed E-state index contributed by atoms with van der Waals surface area (Å²) in [5, 5.41) is 2.58. The van der Waals surface area contributed by atoms with E-state index in [0.29, 0.717) is 25.3 Å². The Morgan fingerprint density at radius 1 is 1.00 bits per heavy atom. The second kappa shape index (κ2) is 9.68. The summed E-state index contributed by atoms with van der Waals surface area (Å²) in [6.45, 7) is 3.20. The zero-order valence-corrected chi connectivity index (χ0v) is 15.0. The highest BCUT2D eigenvalue weighted by Crippen LogP contribution is 2.12.